The number of pyridine rings is 1. The monoisotopic (exact) mass is 510 g/mol. The van der Waals surface area contributed by atoms with Gasteiger partial charge in [0.25, 0.3) is 0 Å². The van der Waals surface area contributed by atoms with Gasteiger partial charge >= 0.3 is 12.1 Å². The molecule has 1 fully saturated rings. The first-order chi connectivity index (χ1) is 17.0. The first kappa shape index (κ1) is 25.5. The first-order valence-electron chi connectivity index (χ1n) is 11.4. The van der Waals surface area contributed by atoms with Crippen molar-refractivity contribution in [3.05, 3.63) is 42.2 Å². The summed E-state index contributed by atoms with van der Waals surface area (Å²) in [7, 11) is 1.43. The second-order valence-corrected chi connectivity index (χ2v) is 8.77. The molecule has 36 heavy (non-hydrogen) atoms. The molecular formula is C24H26F4N4O4. The van der Waals surface area contributed by atoms with E-state index in [9.17, 15) is 27.5 Å². The number of hydrogen-bond donors (Lipinski definition) is 1. The topological polar surface area (TPSA) is 87.5 Å². The summed E-state index contributed by atoms with van der Waals surface area (Å²) in [4.78, 5) is 17.5. The van der Waals surface area contributed by atoms with Gasteiger partial charge in [0.1, 0.15) is 29.2 Å². The number of ether oxygens (including phenoxy) is 2. The van der Waals surface area contributed by atoms with Crippen molar-refractivity contribution in [3.63, 3.8) is 0 Å². The summed E-state index contributed by atoms with van der Waals surface area (Å²) in [5.74, 6) is -1.49. The van der Waals surface area contributed by atoms with Crippen LogP contribution in [0.15, 0.2) is 41.5 Å². The van der Waals surface area contributed by atoms with Crippen molar-refractivity contribution in [2.45, 2.75) is 44.5 Å². The number of hydrazone groups is 1. The fourth-order valence-electron chi connectivity index (χ4n) is 4.48. The Bertz CT molecular complexity index is 1120. The van der Waals surface area contributed by atoms with E-state index in [1.165, 1.54) is 26.2 Å². The van der Waals surface area contributed by atoms with Crippen LogP contribution >= 0.6 is 0 Å². The van der Waals surface area contributed by atoms with Gasteiger partial charge in [-0.1, -0.05) is 6.92 Å². The molecule has 3 heterocycles. The van der Waals surface area contributed by atoms with Gasteiger partial charge in [0, 0.05) is 44.0 Å². The largest absolute Gasteiger partial charge is 0.490 e. The zero-order chi connectivity index (χ0) is 26.0. The van der Waals surface area contributed by atoms with E-state index in [0.717, 1.165) is 5.01 Å². The maximum absolute atomic E-state index is 13.8. The van der Waals surface area contributed by atoms with E-state index in [4.69, 9.17) is 9.47 Å². The number of aliphatic carboxylic acids is 1. The number of carboxylic acid groups (broad SMARTS) is 1. The maximum Gasteiger partial charge on any atom is 0.431 e. The van der Waals surface area contributed by atoms with Crippen LogP contribution in [-0.2, 0) is 4.79 Å². The minimum Gasteiger partial charge on any atom is -0.490 e. The van der Waals surface area contributed by atoms with E-state index < -0.39 is 42.1 Å². The van der Waals surface area contributed by atoms with Gasteiger partial charge < -0.3 is 19.5 Å². The number of nitrogens with zero attached hydrogens (tertiary/aromatic N) is 4. The Morgan fingerprint density at radius 2 is 1.83 bits per heavy atom. The number of hydrogen-bond acceptors (Lipinski definition) is 7. The van der Waals surface area contributed by atoms with E-state index >= 15 is 0 Å². The van der Waals surface area contributed by atoms with Gasteiger partial charge in [0.15, 0.2) is 0 Å². The molecule has 0 aliphatic carbocycles. The predicted octanol–water partition coefficient (Wildman–Crippen LogP) is 4.49. The van der Waals surface area contributed by atoms with Crippen LogP contribution in [0.5, 0.6) is 11.6 Å². The Morgan fingerprint density at radius 1 is 1.17 bits per heavy atom. The van der Waals surface area contributed by atoms with E-state index in [0.29, 0.717) is 43.2 Å². The minimum absolute atomic E-state index is 0.107. The molecular weight excluding hydrogens is 484 g/mol. The molecule has 2 unspecified atom stereocenters. The van der Waals surface area contributed by atoms with E-state index in [2.05, 4.69) is 10.1 Å². The lowest BCUT2D eigenvalue weighted by atomic mass is 9.94. The molecule has 2 atom stereocenters. The molecule has 0 spiro atoms. The van der Waals surface area contributed by atoms with Crippen LogP contribution in [0.1, 0.15) is 26.2 Å². The van der Waals surface area contributed by atoms with Gasteiger partial charge in [-0.2, -0.15) is 23.3 Å². The van der Waals surface area contributed by atoms with Gasteiger partial charge in [0.05, 0.1) is 25.3 Å². The molecule has 194 valence electrons. The quantitative estimate of drug-likeness (QED) is 0.549. The molecule has 12 heteroatoms. The van der Waals surface area contributed by atoms with Crippen molar-refractivity contribution < 1.29 is 36.9 Å². The molecule has 0 bridgehead atoms. The van der Waals surface area contributed by atoms with Gasteiger partial charge in [-0.25, -0.2) is 4.39 Å². The summed E-state index contributed by atoms with van der Waals surface area (Å²) in [6.07, 6.45) is -3.91. The van der Waals surface area contributed by atoms with Crippen LogP contribution in [0.3, 0.4) is 0 Å². The summed E-state index contributed by atoms with van der Waals surface area (Å²) < 4.78 is 65.0. The fourth-order valence-corrected chi connectivity index (χ4v) is 4.48. The third kappa shape index (κ3) is 5.63. The second-order valence-electron chi connectivity index (χ2n) is 8.77. The Labute approximate surface area is 205 Å². The number of benzene rings is 1. The summed E-state index contributed by atoms with van der Waals surface area (Å²) in [6.45, 7) is 2.53. The molecule has 2 aliphatic rings. The molecule has 2 aromatic rings. The highest BCUT2D eigenvalue weighted by molar-refractivity contribution is 5.95. The van der Waals surface area contributed by atoms with Gasteiger partial charge in [-0.3, -0.25) is 9.80 Å². The number of halogens is 4. The summed E-state index contributed by atoms with van der Waals surface area (Å²) in [5.41, 5.74) is -0.646. The third-order valence-electron chi connectivity index (χ3n) is 6.34. The minimum atomic E-state index is -4.64. The lowest BCUT2D eigenvalue weighted by molar-refractivity contribution is -0.137. The number of alkyl halides is 3. The van der Waals surface area contributed by atoms with Crippen LogP contribution in [0, 0.1) is 11.7 Å². The average Bonchev–Trinajstić information content (AvgIpc) is 3.15. The normalized spacial score (nSPS) is 20.9. The molecule has 1 N–H and O–H groups in total. The van der Waals surface area contributed by atoms with E-state index in [1.807, 2.05) is 4.90 Å². The van der Waals surface area contributed by atoms with Crippen LogP contribution in [-0.4, -0.2) is 60.3 Å². The van der Waals surface area contributed by atoms with E-state index in [1.54, 1.807) is 24.3 Å². The third-order valence-corrected chi connectivity index (χ3v) is 6.34. The smallest absolute Gasteiger partial charge is 0.431 e. The molecule has 2 aliphatic heterocycles. The zero-order valence-electron chi connectivity index (χ0n) is 19.7. The highest BCUT2D eigenvalue weighted by Gasteiger charge is 2.48. The number of methoxy groups -OCH3 is 1. The number of carbonyl (C=O) groups is 1. The number of rotatable bonds is 7. The molecule has 8 nitrogen and oxygen atoms in total. The molecule has 1 aromatic carbocycles. The van der Waals surface area contributed by atoms with Crippen molar-refractivity contribution in [2.75, 3.05) is 30.1 Å². The van der Waals surface area contributed by atoms with Crippen LogP contribution in [0.25, 0.3) is 0 Å². The Hall–Kier alpha value is -3.57. The lowest BCUT2D eigenvalue weighted by Gasteiger charge is -2.33. The predicted molar refractivity (Wildman–Crippen MR) is 124 cm³/mol. The summed E-state index contributed by atoms with van der Waals surface area (Å²) in [5, 5.41) is 14.0. The number of carboxylic acids is 1. The zero-order valence-corrected chi connectivity index (χ0v) is 19.7. The van der Waals surface area contributed by atoms with Crippen molar-refractivity contribution in [2.24, 2.45) is 11.0 Å². The Balaban J connectivity index is 1.40. The Morgan fingerprint density at radius 3 is 2.42 bits per heavy atom. The van der Waals surface area contributed by atoms with Crippen molar-refractivity contribution in [1.82, 2.24) is 4.98 Å². The molecule has 1 saturated heterocycles. The SMILES string of the molecule is COc1cc(F)cc(N2CCC(Oc3ccc(N4N=C(C(F)(F)F)C(C)C4CC(=O)O)cc3)CC2)n1. The second kappa shape index (κ2) is 10.2. The Kier molecular flexibility index (Phi) is 7.23. The number of piperidine rings is 1. The van der Waals surface area contributed by atoms with Crippen molar-refractivity contribution in [1.29, 1.82) is 0 Å². The first-order valence-corrected chi connectivity index (χ1v) is 11.4. The highest BCUT2D eigenvalue weighted by Crippen LogP contribution is 2.37. The van der Waals surface area contributed by atoms with Gasteiger partial charge in [-0.05, 0) is 24.3 Å². The average molecular weight is 510 g/mol. The number of anilines is 2. The molecule has 1 aromatic heterocycles. The highest BCUT2D eigenvalue weighted by atomic mass is 19.4. The lowest BCUT2D eigenvalue weighted by Crippen LogP contribution is -2.38. The summed E-state index contributed by atoms with van der Waals surface area (Å²) in [6, 6.07) is 8.01. The van der Waals surface area contributed by atoms with Crippen molar-refractivity contribution in [3.8, 4) is 11.6 Å². The fraction of sp³-hybridized carbons (Fsp3) is 0.458. The van der Waals surface area contributed by atoms with Crippen molar-refractivity contribution >= 4 is 23.2 Å². The molecule has 4 rings (SSSR count). The standard InChI is InChI=1S/C24H26F4N4O4/c1-14-19(13-22(33)34)32(30-23(14)24(26,27)28)16-3-5-17(6-4-16)36-18-7-9-31(10-8-18)20-11-15(25)12-21(29-20)35-2/h3-6,11-12,14,18-19H,7-10,13H2,1-2H3,(H,33,34). The van der Waals surface area contributed by atoms with Gasteiger partial charge in [-0.15, -0.1) is 0 Å². The van der Waals surface area contributed by atoms with Crippen LogP contribution < -0.4 is 19.4 Å². The van der Waals surface area contributed by atoms with Crippen LogP contribution in [0.2, 0.25) is 0 Å². The van der Waals surface area contributed by atoms with Crippen LogP contribution in [0.4, 0.5) is 29.1 Å². The maximum atomic E-state index is 13.8. The summed E-state index contributed by atoms with van der Waals surface area (Å²) >= 11 is 0. The molecule has 0 amide bonds. The number of aromatic nitrogens is 1. The molecule has 0 saturated carbocycles. The molecule has 0 radical (unpaired) electrons. The van der Waals surface area contributed by atoms with Gasteiger partial charge in [0.2, 0.25) is 5.88 Å². The van der Waals surface area contributed by atoms with E-state index in [-0.39, 0.29) is 12.0 Å².